The molecule has 0 aromatic heterocycles. The van der Waals surface area contributed by atoms with Crippen molar-refractivity contribution in [3.05, 3.63) is 53.6 Å². The first-order valence-electron chi connectivity index (χ1n) is 8.98. The molecule has 0 atom stereocenters. The average molecular weight is 388 g/mol. The highest BCUT2D eigenvalue weighted by Gasteiger charge is 2.22. The molecule has 0 radical (unpaired) electrons. The Bertz CT molecular complexity index is 931. The van der Waals surface area contributed by atoms with Crippen LogP contribution in [0.1, 0.15) is 35.7 Å². The minimum Gasteiger partial charge on any atom is -0.478 e. The van der Waals surface area contributed by atoms with Gasteiger partial charge in [-0.1, -0.05) is 24.6 Å². The minimum atomic E-state index is -3.81. The Morgan fingerprint density at radius 2 is 1.74 bits per heavy atom. The van der Waals surface area contributed by atoms with Crippen LogP contribution in [-0.2, 0) is 10.0 Å². The standard InChI is InChI=1S/C20H24N2O4S/c1-14-3-6-17(7-4-14)27(25,26)21-18-13-16(20(23)24)5-8-19(18)22-11-9-15(2)10-12-22/h3-8,13,15,21H,9-12H2,1-2H3,(H,23,24). The van der Waals surface area contributed by atoms with Crippen molar-refractivity contribution < 1.29 is 18.3 Å². The van der Waals surface area contributed by atoms with Crippen molar-refractivity contribution in [3.63, 3.8) is 0 Å². The van der Waals surface area contributed by atoms with E-state index in [4.69, 9.17) is 0 Å². The largest absolute Gasteiger partial charge is 0.478 e. The van der Waals surface area contributed by atoms with Crippen molar-refractivity contribution in [2.75, 3.05) is 22.7 Å². The molecule has 1 aliphatic rings. The van der Waals surface area contributed by atoms with Gasteiger partial charge in [-0.15, -0.1) is 0 Å². The van der Waals surface area contributed by atoms with Gasteiger partial charge >= 0.3 is 5.97 Å². The second-order valence-corrected chi connectivity index (χ2v) is 8.81. The monoisotopic (exact) mass is 388 g/mol. The van der Waals surface area contributed by atoms with Crippen LogP contribution in [0.4, 0.5) is 11.4 Å². The number of carboxylic acids is 1. The van der Waals surface area contributed by atoms with Gasteiger partial charge in [0.15, 0.2) is 0 Å². The molecule has 144 valence electrons. The maximum absolute atomic E-state index is 12.8. The second kappa shape index (κ2) is 7.60. The van der Waals surface area contributed by atoms with Gasteiger partial charge in [0.25, 0.3) is 10.0 Å². The fourth-order valence-electron chi connectivity index (χ4n) is 3.20. The molecule has 6 nitrogen and oxygen atoms in total. The molecule has 0 bridgehead atoms. The summed E-state index contributed by atoms with van der Waals surface area (Å²) in [6, 6.07) is 11.1. The van der Waals surface area contributed by atoms with Crippen molar-refractivity contribution >= 4 is 27.4 Å². The molecule has 2 N–H and O–H groups in total. The summed E-state index contributed by atoms with van der Waals surface area (Å²) in [5, 5.41) is 9.30. The number of anilines is 2. The Morgan fingerprint density at radius 1 is 1.11 bits per heavy atom. The Kier molecular flexibility index (Phi) is 5.41. The topological polar surface area (TPSA) is 86.7 Å². The van der Waals surface area contributed by atoms with Crippen molar-refractivity contribution in [1.29, 1.82) is 0 Å². The van der Waals surface area contributed by atoms with Crippen LogP contribution in [0.5, 0.6) is 0 Å². The zero-order chi connectivity index (χ0) is 19.6. The van der Waals surface area contributed by atoms with E-state index in [2.05, 4.69) is 16.5 Å². The summed E-state index contributed by atoms with van der Waals surface area (Å²) in [7, 11) is -3.81. The summed E-state index contributed by atoms with van der Waals surface area (Å²) in [4.78, 5) is 13.6. The zero-order valence-corrected chi connectivity index (χ0v) is 16.3. The molecular weight excluding hydrogens is 364 g/mol. The number of hydrogen-bond donors (Lipinski definition) is 2. The van der Waals surface area contributed by atoms with Gasteiger partial charge in [0.2, 0.25) is 0 Å². The minimum absolute atomic E-state index is 0.0470. The van der Waals surface area contributed by atoms with Crippen molar-refractivity contribution in [2.45, 2.75) is 31.6 Å². The van der Waals surface area contributed by atoms with Crippen LogP contribution in [0.3, 0.4) is 0 Å². The molecule has 2 aromatic carbocycles. The number of carboxylic acid groups (broad SMARTS) is 1. The number of piperidine rings is 1. The lowest BCUT2D eigenvalue weighted by Gasteiger charge is -2.33. The van der Waals surface area contributed by atoms with E-state index >= 15 is 0 Å². The summed E-state index contributed by atoms with van der Waals surface area (Å²) in [5.74, 6) is -0.461. The highest BCUT2D eigenvalue weighted by molar-refractivity contribution is 7.92. The van der Waals surface area contributed by atoms with Crippen LogP contribution < -0.4 is 9.62 Å². The highest BCUT2D eigenvalue weighted by Crippen LogP contribution is 2.32. The molecule has 0 saturated carbocycles. The number of sulfonamides is 1. The highest BCUT2D eigenvalue weighted by atomic mass is 32.2. The zero-order valence-electron chi connectivity index (χ0n) is 15.5. The lowest BCUT2D eigenvalue weighted by molar-refractivity contribution is 0.0697. The van der Waals surface area contributed by atoms with Gasteiger partial charge < -0.3 is 10.0 Å². The van der Waals surface area contributed by atoms with Crippen molar-refractivity contribution in [1.82, 2.24) is 0 Å². The molecule has 0 amide bonds. The van der Waals surface area contributed by atoms with E-state index < -0.39 is 16.0 Å². The first kappa shape index (κ1) is 19.2. The van der Waals surface area contributed by atoms with Crippen LogP contribution in [0, 0.1) is 12.8 Å². The van der Waals surface area contributed by atoms with E-state index in [1.807, 2.05) is 6.92 Å². The van der Waals surface area contributed by atoms with Gasteiger partial charge in [-0.2, -0.15) is 0 Å². The average Bonchev–Trinajstić information content (AvgIpc) is 2.62. The van der Waals surface area contributed by atoms with Crippen LogP contribution in [0.15, 0.2) is 47.4 Å². The Morgan fingerprint density at radius 3 is 2.33 bits per heavy atom. The smallest absolute Gasteiger partial charge is 0.335 e. The third-order valence-electron chi connectivity index (χ3n) is 4.94. The molecule has 7 heteroatoms. The van der Waals surface area contributed by atoms with E-state index in [1.54, 1.807) is 30.3 Å². The maximum Gasteiger partial charge on any atom is 0.335 e. The van der Waals surface area contributed by atoms with Crippen LogP contribution >= 0.6 is 0 Å². The number of aryl methyl sites for hydroxylation is 1. The van der Waals surface area contributed by atoms with E-state index in [0.717, 1.165) is 31.5 Å². The summed E-state index contributed by atoms with van der Waals surface area (Å²) in [5.41, 5.74) is 2.02. The molecule has 0 spiro atoms. The molecule has 27 heavy (non-hydrogen) atoms. The van der Waals surface area contributed by atoms with Gasteiger partial charge in [-0.05, 0) is 56.0 Å². The van der Waals surface area contributed by atoms with E-state index in [0.29, 0.717) is 17.3 Å². The molecular formula is C20H24N2O4S. The lowest BCUT2D eigenvalue weighted by atomic mass is 9.98. The van der Waals surface area contributed by atoms with E-state index in [9.17, 15) is 18.3 Å². The van der Waals surface area contributed by atoms with E-state index in [1.165, 1.54) is 12.1 Å². The first-order valence-corrected chi connectivity index (χ1v) is 10.5. The number of nitrogens with zero attached hydrogens (tertiary/aromatic N) is 1. The van der Waals surface area contributed by atoms with Gasteiger partial charge in [0.1, 0.15) is 0 Å². The number of benzene rings is 2. The third-order valence-corrected chi connectivity index (χ3v) is 6.32. The summed E-state index contributed by atoms with van der Waals surface area (Å²) in [6.07, 6.45) is 2.04. The molecule has 1 fully saturated rings. The Labute approximate surface area is 159 Å². The first-order chi connectivity index (χ1) is 12.8. The van der Waals surface area contributed by atoms with Gasteiger partial charge in [-0.3, -0.25) is 4.72 Å². The lowest BCUT2D eigenvalue weighted by Crippen LogP contribution is -2.33. The Balaban J connectivity index is 1.97. The Hall–Kier alpha value is -2.54. The van der Waals surface area contributed by atoms with E-state index in [-0.39, 0.29) is 10.5 Å². The predicted octanol–water partition coefficient (Wildman–Crippen LogP) is 3.73. The number of nitrogens with one attached hydrogen (secondary N) is 1. The number of hydrogen-bond acceptors (Lipinski definition) is 4. The number of aromatic carboxylic acids is 1. The number of carbonyl (C=O) groups is 1. The fourth-order valence-corrected chi connectivity index (χ4v) is 4.26. The van der Waals surface area contributed by atoms with Gasteiger partial charge in [0, 0.05) is 13.1 Å². The number of rotatable bonds is 5. The summed E-state index contributed by atoms with van der Waals surface area (Å²) < 4.78 is 28.2. The SMILES string of the molecule is Cc1ccc(S(=O)(=O)Nc2cc(C(=O)O)ccc2N2CCC(C)CC2)cc1. The quantitative estimate of drug-likeness (QED) is 0.815. The summed E-state index contributed by atoms with van der Waals surface area (Å²) >= 11 is 0. The maximum atomic E-state index is 12.8. The molecule has 1 aliphatic heterocycles. The summed E-state index contributed by atoms with van der Waals surface area (Å²) in [6.45, 7) is 5.71. The normalized spacial score (nSPS) is 15.6. The molecule has 0 aliphatic carbocycles. The molecule has 3 rings (SSSR count). The van der Waals surface area contributed by atoms with Crippen LogP contribution in [-0.4, -0.2) is 32.6 Å². The van der Waals surface area contributed by atoms with Gasteiger partial charge in [-0.25, -0.2) is 13.2 Å². The predicted molar refractivity (Wildman–Crippen MR) is 106 cm³/mol. The third kappa shape index (κ3) is 4.42. The van der Waals surface area contributed by atoms with Crippen molar-refractivity contribution in [2.24, 2.45) is 5.92 Å². The second-order valence-electron chi connectivity index (χ2n) is 7.13. The van der Waals surface area contributed by atoms with Crippen LogP contribution in [0.2, 0.25) is 0 Å². The molecule has 1 heterocycles. The molecule has 1 saturated heterocycles. The molecule has 2 aromatic rings. The van der Waals surface area contributed by atoms with Crippen LogP contribution in [0.25, 0.3) is 0 Å². The fraction of sp³-hybridized carbons (Fsp3) is 0.350. The van der Waals surface area contributed by atoms with Gasteiger partial charge in [0.05, 0.1) is 21.8 Å². The van der Waals surface area contributed by atoms with Crippen molar-refractivity contribution in [3.8, 4) is 0 Å². The molecule has 0 unspecified atom stereocenters.